The van der Waals surface area contributed by atoms with Crippen molar-refractivity contribution in [2.75, 3.05) is 6.61 Å². The fraction of sp³-hybridized carbons (Fsp3) is 0.588. The van der Waals surface area contributed by atoms with E-state index >= 15 is 0 Å². The zero-order chi connectivity index (χ0) is 17.7. The summed E-state index contributed by atoms with van der Waals surface area (Å²) in [6.07, 6.45) is 3.87. The fourth-order valence-electron chi connectivity index (χ4n) is 2.53. The SMILES string of the molecule is CC[C@@H](C)NC(=O)NC(=O)COC(=O)c1cc2c(s1)CC[C@H](C)C2. The van der Waals surface area contributed by atoms with Crippen molar-refractivity contribution in [3.63, 3.8) is 0 Å². The van der Waals surface area contributed by atoms with E-state index in [1.165, 1.54) is 21.8 Å². The summed E-state index contributed by atoms with van der Waals surface area (Å²) >= 11 is 1.44. The van der Waals surface area contributed by atoms with Gasteiger partial charge in [0.2, 0.25) is 0 Å². The van der Waals surface area contributed by atoms with Crippen molar-refractivity contribution in [2.24, 2.45) is 5.92 Å². The lowest BCUT2D eigenvalue weighted by Gasteiger charge is -2.16. The number of hydrogen-bond donors (Lipinski definition) is 2. The third-order valence-corrected chi connectivity index (χ3v) is 5.32. The van der Waals surface area contributed by atoms with E-state index in [1.807, 2.05) is 19.9 Å². The first-order valence-corrected chi connectivity index (χ1v) is 9.09. The highest BCUT2D eigenvalue weighted by Crippen LogP contribution is 2.32. The molecule has 0 spiro atoms. The van der Waals surface area contributed by atoms with E-state index < -0.39 is 24.5 Å². The second kappa shape index (κ2) is 8.28. The predicted molar refractivity (Wildman–Crippen MR) is 92.2 cm³/mol. The molecule has 6 nitrogen and oxygen atoms in total. The molecule has 0 bridgehead atoms. The van der Waals surface area contributed by atoms with Crippen LogP contribution in [0.3, 0.4) is 0 Å². The predicted octanol–water partition coefficient (Wildman–Crippen LogP) is 2.65. The molecule has 2 N–H and O–H groups in total. The van der Waals surface area contributed by atoms with Gasteiger partial charge in [-0.1, -0.05) is 13.8 Å². The first-order valence-electron chi connectivity index (χ1n) is 8.28. The van der Waals surface area contributed by atoms with Crippen LogP contribution < -0.4 is 10.6 Å². The van der Waals surface area contributed by atoms with Crippen molar-refractivity contribution in [1.82, 2.24) is 10.6 Å². The molecule has 1 aromatic rings. The van der Waals surface area contributed by atoms with Crippen molar-refractivity contribution in [3.8, 4) is 0 Å². The maximum absolute atomic E-state index is 12.1. The van der Waals surface area contributed by atoms with Crippen LogP contribution in [-0.2, 0) is 22.4 Å². The molecule has 0 aliphatic heterocycles. The Kier molecular flexibility index (Phi) is 6.36. The molecule has 132 valence electrons. The van der Waals surface area contributed by atoms with Gasteiger partial charge in [-0.05, 0) is 50.2 Å². The largest absolute Gasteiger partial charge is 0.451 e. The maximum Gasteiger partial charge on any atom is 0.348 e. The van der Waals surface area contributed by atoms with Crippen LogP contribution in [0.2, 0.25) is 0 Å². The molecule has 0 radical (unpaired) electrons. The van der Waals surface area contributed by atoms with Crippen LogP contribution in [0.1, 0.15) is 53.7 Å². The molecule has 1 aromatic heterocycles. The number of urea groups is 1. The molecule has 0 aromatic carbocycles. The van der Waals surface area contributed by atoms with Gasteiger partial charge in [-0.25, -0.2) is 9.59 Å². The lowest BCUT2D eigenvalue weighted by atomic mass is 9.90. The molecule has 2 atom stereocenters. The van der Waals surface area contributed by atoms with Gasteiger partial charge in [0.1, 0.15) is 4.88 Å². The highest BCUT2D eigenvalue weighted by atomic mass is 32.1. The third-order valence-electron chi connectivity index (χ3n) is 4.11. The molecular formula is C17H24N2O4S. The quantitative estimate of drug-likeness (QED) is 0.798. The molecular weight excluding hydrogens is 328 g/mol. The summed E-state index contributed by atoms with van der Waals surface area (Å²) in [4.78, 5) is 37.0. The number of ether oxygens (including phenoxy) is 1. The molecule has 1 aliphatic carbocycles. The monoisotopic (exact) mass is 352 g/mol. The topological polar surface area (TPSA) is 84.5 Å². The number of carbonyl (C=O) groups excluding carboxylic acids is 3. The standard InChI is InChI=1S/C17H24N2O4S/c1-4-11(3)18-17(22)19-15(20)9-23-16(21)14-8-12-7-10(2)5-6-13(12)24-14/h8,10-11H,4-7,9H2,1-3H3,(H2,18,19,20,22)/t10-,11+/m0/s1. The van der Waals surface area contributed by atoms with E-state index in [9.17, 15) is 14.4 Å². The van der Waals surface area contributed by atoms with Gasteiger partial charge in [-0.2, -0.15) is 0 Å². The molecule has 3 amide bonds. The van der Waals surface area contributed by atoms with Gasteiger partial charge in [0.15, 0.2) is 6.61 Å². The van der Waals surface area contributed by atoms with Gasteiger partial charge in [-0.3, -0.25) is 10.1 Å². The van der Waals surface area contributed by atoms with Crippen molar-refractivity contribution >= 4 is 29.2 Å². The van der Waals surface area contributed by atoms with E-state index in [1.54, 1.807) is 0 Å². The summed E-state index contributed by atoms with van der Waals surface area (Å²) < 4.78 is 5.01. The van der Waals surface area contributed by atoms with Crippen molar-refractivity contribution in [2.45, 2.75) is 52.5 Å². The number of aryl methyl sites for hydroxylation is 1. The van der Waals surface area contributed by atoms with Crippen LogP contribution in [0.4, 0.5) is 4.79 Å². The van der Waals surface area contributed by atoms with Crippen LogP contribution >= 0.6 is 11.3 Å². The Bertz CT molecular complexity index is 626. The number of thiophene rings is 1. The second-order valence-electron chi connectivity index (χ2n) is 6.31. The maximum atomic E-state index is 12.1. The van der Waals surface area contributed by atoms with Crippen molar-refractivity contribution in [1.29, 1.82) is 0 Å². The number of esters is 1. The normalized spacial score (nSPS) is 17.5. The highest BCUT2D eigenvalue weighted by Gasteiger charge is 2.22. The summed E-state index contributed by atoms with van der Waals surface area (Å²) in [5, 5.41) is 4.75. The Morgan fingerprint density at radius 2 is 2.17 bits per heavy atom. The van der Waals surface area contributed by atoms with E-state index in [4.69, 9.17) is 4.74 Å². The molecule has 1 aliphatic rings. The third kappa shape index (κ3) is 5.06. The van der Waals surface area contributed by atoms with Crippen LogP contribution in [0.15, 0.2) is 6.07 Å². The van der Waals surface area contributed by atoms with Gasteiger partial charge in [-0.15, -0.1) is 11.3 Å². The lowest BCUT2D eigenvalue weighted by Crippen LogP contribution is -2.44. The molecule has 0 fully saturated rings. The number of carbonyl (C=O) groups is 3. The zero-order valence-electron chi connectivity index (χ0n) is 14.3. The van der Waals surface area contributed by atoms with Crippen molar-refractivity contribution < 1.29 is 19.1 Å². The second-order valence-corrected chi connectivity index (χ2v) is 7.45. The van der Waals surface area contributed by atoms with Gasteiger partial charge < -0.3 is 10.1 Å². The molecule has 0 unspecified atom stereocenters. The van der Waals surface area contributed by atoms with E-state index in [-0.39, 0.29) is 6.04 Å². The Hall–Kier alpha value is -1.89. The first-order chi connectivity index (χ1) is 11.4. The van der Waals surface area contributed by atoms with E-state index in [0.29, 0.717) is 10.8 Å². The minimum Gasteiger partial charge on any atom is -0.451 e. The van der Waals surface area contributed by atoms with Crippen LogP contribution in [0, 0.1) is 5.92 Å². The van der Waals surface area contributed by atoms with Crippen LogP contribution in [-0.4, -0.2) is 30.6 Å². The summed E-state index contributed by atoms with van der Waals surface area (Å²) in [5.74, 6) is -0.524. The Morgan fingerprint density at radius 1 is 1.42 bits per heavy atom. The van der Waals surface area contributed by atoms with Gasteiger partial charge in [0.25, 0.3) is 5.91 Å². The molecule has 7 heteroatoms. The average Bonchev–Trinajstić information content (AvgIpc) is 2.95. The summed E-state index contributed by atoms with van der Waals surface area (Å²) in [5.41, 5.74) is 1.21. The van der Waals surface area contributed by atoms with Crippen molar-refractivity contribution in [3.05, 3.63) is 21.4 Å². The summed E-state index contributed by atoms with van der Waals surface area (Å²) in [6, 6.07) is 1.26. The lowest BCUT2D eigenvalue weighted by molar-refractivity contribution is -0.123. The van der Waals surface area contributed by atoms with Gasteiger partial charge in [0, 0.05) is 10.9 Å². The number of fused-ring (bicyclic) bond motifs is 1. The average molecular weight is 352 g/mol. The number of amides is 3. The summed E-state index contributed by atoms with van der Waals surface area (Å²) in [6.45, 7) is 5.50. The van der Waals surface area contributed by atoms with E-state index in [0.717, 1.165) is 25.7 Å². The number of imide groups is 1. The number of rotatable bonds is 5. The number of nitrogens with one attached hydrogen (secondary N) is 2. The van der Waals surface area contributed by atoms with Crippen LogP contribution in [0.25, 0.3) is 0 Å². The molecule has 0 saturated carbocycles. The van der Waals surface area contributed by atoms with Gasteiger partial charge >= 0.3 is 12.0 Å². The zero-order valence-corrected chi connectivity index (χ0v) is 15.1. The van der Waals surface area contributed by atoms with E-state index in [2.05, 4.69) is 17.6 Å². The fourth-order valence-corrected chi connectivity index (χ4v) is 3.64. The Morgan fingerprint density at radius 3 is 2.88 bits per heavy atom. The molecule has 24 heavy (non-hydrogen) atoms. The van der Waals surface area contributed by atoms with Crippen LogP contribution in [0.5, 0.6) is 0 Å². The minimum atomic E-state index is -0.640. The molecule has 2 rings (SSSR count). The molecule has 0 saturated heterocycles. The highest BCUT2D eigenvalue weighted by molar-refractivity contribution is 7.14. The van der Waals surface area contributed by atoms with Gasteiger partial charge in [0.05, 0.1) is 0 Å². The summed E-state index contributed by atoms with van der Waals surface area (Å²) in [7, 11) is 0. The molecule has 1 heterocycles. The number of hydrogen-bond acceptors (Lipinski definition) is 5. The minimum absolute atomic E-state index is 0.0276. The Labute approximate surface area is 146 Å². The Balaban J connectivity index is 1.81. The smallest absolute Gasteiger partial charge is 0.348 e. The first kappa shape index (κ1) is 18.4.